The monoisotopic (exact) mass is 250 g/mol. The van der Waals surface area contributed by atoms with Crippen molar-refractivity contribution in [1.82, 2.24) is 9.78 Å². The summed E-state index contributed by atoms with van der Waals surface area (Å²) in [5.41, 5.74) is 0.474. The number of rotatable bonds is 5. The number of para-hydroxylation sites is 1. The molecule has 0 saturated heterocycles. The Balaban J connectivity index is 2.36. The first kappa shape index (κ1) is 12.1. The van der Waals surface area contributed by atoms with Gasteiger partial charge in [-0.05, 0) is 12.1 Å². The number of halogens is 1. The predicted molar refractivity (Wildman–Crippen MR) is 62.0 cm³/mol. The highest BCUT2D eigenvalue weighted by Crippen LogP contribution is 2.19. The van der Waals surface area contributed by atoms with Crippen molar-refractivity contribution in [2.45, 2.75) is 0 Å². The Morgan fingerprint density at radius 2 is 2.11 bits per heavy atom. The molecule has 18 heavy (non-hydrogen) atoms. The molecule has 0 unspecified atom stereocenters. The van der Waals surface area contributed by atoms with Gasteiger partial charge in [0.05, 0.1) is 11.9 Å². The second-order valence-electron chi connectivity index (χ2n) is 3.46. The maximum Gasteiger partial charge on any atom is 0.360 e. The quantitative estimate of drug-likeness (QED) is 0.880. The first-order valence-electron chi connectivity index (χ1n) is 5.29. The maximum atomic E-state index is 12.0. The van der Waals surface area contributed by atoms with Crippen LogP contribution >= 0.6 is 0 Å². The van der Waals surface area contributed by atoms with Gasteiger partial charge in [-0.3, -0.25) is 0 Å². The van der Waals surface area contributed by atoms with Gasteiger partial charge in [-0.2, -0.15) is 5.10 Å². The largest absolute Gasteiger partial charge is 0.487 e. The fraction of sp³-hybridized carbons (Fsp3) is 0.167. The number of hydrogen-bond acceptors (Lipinski definition) is 3. The summed E-state index contributed by atoms with van der Waals surface area (Å²) in [6, 6.07) is 9.00. The van der Waals surface area contributed by atoms with Crippen molar-refractivity contribution in [3.8, 4) is 11.4 Å². The molecule has 0 bridgehead atoms. The molecule has 1 N–H and O–H groups in total. The molecule has 1 aromatic carbocycles. The lowest BCUT2D eigenvalue weighted by Gasteiger charge is -2.00. The normalized spacial score (nSPS) is 10.3. The molecule has 0 fully saturated rings. The van der Waals surface area contributed by atoms with Gasteiger partial charge in [0.25, 0.3) is 0 Å². The second-order valence-corrected chi connectivity index (χ2v) is 3.46. The van der Waals surface area contributed by atoms with Gasteiger partial charge in [0.1, 0.15) is 13.3 Å². The van der Waals surface area contributed by atoms with Gasteiger partial charge in [-0.1, -0.05) is 18.2 Å². The number of carbonyl (C=O) groups is 1. The van der Waals surface area contributed by atoms with E-state index in [1.807, 2.05) is 6.07 Å². The Kier molecular flexibility index (Phi) is 3.57. The van der Waals surface area contributed by atoms with Crippen LogP contribution < -0.4 is 4.74 Å². The minimum Gasteiger partial charge on any atom is -0.487 e. The zero-order valence-electron chi connectivity index (χ0n) is 9.41. The highest BCUT2D eigenvalue weighted by molar-refractivity contribution is 5.88. The third kappa shape index (κ3) is 2.48. The molecule has 0 aliphatic rings. The van der Waals surface area contributed by atoms with Gasteiger partial charge < -0.3 is 9.84 Å². The Morgan fingerprint density at radius 1 is 1.39 bits per heavy atom. The van der Waals surface area contributed by atoms with E-state index in [0.29, 0.717) is 5.69 Å². The molecule has 0 spiro atoms. The average Bonchev–Trinajstić information content (AvgIpc) is 2.81. The lowest BCUT2D eigenvalue weighted by atomic mass is 10.3. The number of alkyl halides is 1. The van der Waals surface area contributed by atoms with Crippen LogP contribution in [0.3, 0.4) is 0 Å². The molecule has 0 radical (unpaired) electrons. The molecule has 0 atom stereocenters. The first-order valence-corrected chi connectivity index (χ1v) is 5.29. The molecule has 1 aromatic heterocycles. The summed E-state index contributed by atoms with van der Waals surface area (Å²) in [7, 11) is 0. The van der Waals surface area contributed by atoms with Gasteiger partial charge in [0.2, 0.25) is 5.69 Å². The zero-order chi connectivity index (χ0) is 13.0. The molecule has 0 aliphatic carbocycles. The van der Waals surface area contributed by atoms with Crippen molar-refractivity contribution in [1.29, 1.82) is 0 Å². The molecule has 2 rings (SSSR count). The van der Waals surface area contributed by atoms with Crippen LogP contribution in [-0.2, 0) is 0 Å². The van der Waals surface area contributed by atoms with E-state index >= 15 is 0 Å². The van der Waals surface area contributed by atoms with Crippen LogP contribution in [0, 0.1) is 0 Å². The summed E-state index contributed by atoms with van der Waals surface area (Å²) in [5.74, 6) is -1.15. The minimum absolute atomic E-state index is 0.0593. The van der Waals surface area contributed by atoms with E-state index in [0.717, 1.165) is 0 Å². The molecular formula is C12H11FN2O3. The van der Waals surface area contributed by atoms with Crippen molar-refractivity contribution >= 4 is 5.97 Å². The van der Waals surface area contributed by atoms with Gasteiger partial charge in [-0.15, -0.1) is 0 Å². The van der Waals surface area contributed by atoms with Crippen molar-refractivity contribution in [3.05, 3.63) is 42.2 Å². The van der Waals surface area contributed by atoms with Gasteiger partial charge in [0.15, 0.2) is 5.75 Å². The van der Waals surface area contributed by atoms with E-state index < -0.39 is 12.6 Å². The number of carboxylic acid groups (broad SMARTS) is 1. The lowest BCUT2D eigenvalue weighted by molar-refractivity contribution is 0.0685. The third-order valence-corrected chi connectivity index (χ3v) is 2.24. The Labute approximate surface area is 102 Å². The number of carboxylic acids is 1. The fourth-order valence-corrected chi connectivity index (χ4v) is 1.47. The van der Waals surface area contributed by atoms with Crippen LogP contribution in [0.1, 0.15) is 10.5 Å². The molecule has 2 aromatic rings. The minimum atomic E-state index is -1.21. The van der Waals surface area contributed by atoms with Crippen molar-refractivity contribution in [2.24, 2.45) is 0 Å². The fourth-order valence-electron chi connectivity index (χ4n) is 1.47. The van der Waals surface area contributed by atoms with Crippen LogP contribution in [0.2, 0.25) is 0 Å². The summed E-state index contributed by atoms with van der Waals surface area (Å²) in [6.45, 7) is -0.879. The third-order valence-electron chi connectivity index (χ3n) is 2.24. The molecule has 6 heteroatoms. The van der Waals surface area contributed by atoms with Crippen molar-refractivity contribution < 1.29 is 19.0 Å². The van der Waals surface area contributed by atoms with E-state index in [1.54, 1.807) is 24.3 Å². The van der Waals surface area contributed by atoms with E-state index in [2.05, 4.69) is 5.10 Å². The van der Waals surface area contributed by atoms with E-state index in [9.17, 15) is 9.18 Å². The second kappa shape index (κ2) is 5.31. The Bertz CT molecular complexity index is 540. The summed E-state index contributed by atoms with van der Waals surface area (Å²) in [5, 5.41) is 12.9. The van der Waals surface area contributed by atoms with E-state index in [1.165, 1.54) is 10.9 Å². The first-order chi connectivity index (χ1) is 8.72. The predicted octanol–water partition coefficient (Wildman–Crippen LogP) is 1.92. The number of aromatic nitrogens is 2. The number of hydrogen-bond donors (Lipinski definition) is 1. The molecule has 0 amide bonds. The highest BCUT2D eigenvalue weighted by Gasteiger charge is 2.17. The Hall–Kier alpha value is -2.37. The summed E-state index contributed by atoms with van der Waals surface area (Å²) in [4.78, 5) is 11.0. The number of benzene rings is 1. The number of aromatic carboxylic acids is 1. The van der Waals surface area contributed by atoms with Gasteiger partial charge in [-0.25, -0.2) is 13.9 Å². The van der Waals surface area contributed by atoms with Crippen LogP contribution in [0.15, 0.2) is 36.5 Å². The van der Waals surface area contributed by atoms with Crippen LogP contribution in [0.25, 0.3) is 5.69 Å². The van der Waals surface area contributed by atoms with Crippen molar-refractivity contribution in [2.75, 3.05) is 13.3 Å². The summed E-state index contributed by atoms with van der Waals surface area (Å²) >= 11 is 0. The zero-order valence-corrected chi connectivity index (χ0v) is 9.41. The molecule has 0 saturated carbocycles. The molecule has 0 aliphatic heterocycles. The smallest absolute Gasteiger partial charge is 0.360 e. The molecule has 94 valence electrons. The summed E-state index contributed by atoms with van der Waals surface area (Å²) < 4.78 is 18.4. The Morgan fingerprint density at radius 3 is 2.72 bits per heavy atom. The summed E-state index contributed by atoms with van der Waals surface area (Å²) in [6.07, 6.45) is 1.43. The van der Waals surface area contributed by atoms with Crippen LogP contribution in [-0.4, -0.2) is 34.1 Å². The van der Waals surface area contributed by atoms with Crippen LogP contribution in [0.5, 0.6) is 5.75 Å². The van der Waals surface area contributed by atoms with Crippen LogP contribution in [0.4, 0.5) is 4.39 Å². The van der Waals surface area contributed by atoms with Gasteiger partial charge >= 0.3 is 5.97 Å². The SMILES string of the molecule is O=C(O)c1nn(-c2ccccc2)cc1OCCF. The van der Waals surface area contributed by atoms with E-state index in [4.69, 9.17) is 9.84 Å². The molecule has 1 heterocycles. The number of nitrogens with zero attached hydrogens (tertiary/aromatic N) is 2. The number of ether oxygens (including phenoxy) is 1. The van der Waals surface area contributed by atoms with Gasteiger partial charge in [0, 0.05) is 0 Å². The molecule has 5 nitrogen and oxygen atoms in total. The maximum absolute atomic E-state index is 12.0. The van der Waals surface area contributed by atoms with Crippen molar-refractivity contribution in [3.63, 3.8) is 0 Å². The standard InChI is InChI=1S/C12H11FN2O3/c13-6-7-18-10-8-15(14-11(10)12(16)17)9-4-2-1-3-5-9/h1-5,8H,6-7H2,(H,16,17). The topological polar surface area (TPSA) is 64.3 Å². The lowest BCUT2D eigenvalue weighted by Crippen LogP contribution is -2.04. The molecular weight excluding hydrogens is 239 g/mol. The highest BCUT2D eigenvalue weighted by atomic mass is 19.1. The average molecular weight is 250 g/mol. The van der Waals surface area contributed by atoms with E-state index in [-0.39, 0.29) is 18.1 Å².